The van der Waals surface area contributed by atoms with Crippen molar-refractivity contribution in [3.63, 3.8) is 0 Å². The Bertz CT molecular complexity index is 1160. The number of phenolic OH excluding ortho intramolecular Hbond substituents is 1. The molecule has 0 bridgehead atoms. The molecular formula is C24H32N6O4Si. The quantitative estimate of drug-likeness (QED) is 0.329. The molecule has 2 N–H and O–H groups in total. The predicted molar refractivity (Wildman–Crippen MR) is 134 cm³/mol. The summed E-state index contributed by atoms with van der Waals surface area (Å²) in [5.74, 6) is 0.772. The lowest BCUT2D eigenvalue weighted by Crippen LogP contribution is -2.34. The second-order valence-corrected chi connectivity index (χ2v) is 15.6. The molecule has 1 aliphatic rings. The first kappa shape index (κ1) is 24.8. The van der Waals surface area contributed by atoms with Gasteiger partial charge in [0.15, 0.2) is 6.73 Å². The maximum absolute atomic E-state index is 12.2. The summed E-state index contributed by atoms with van der Waals surface area (Å²) in [5, 5.41) is 25.9. The Morgan fingerprint density at radius 1 is 1.17 bits per heavy atom. The molecule has 186 valence electrons. The van der Waals surface area contributed by atoms with E-state index in [1.165, 1.54) is 10.9 Å². The van der Waals surface area contributed by atoms with Crippen LogP contribution in [0.3, 0.4) is 0 Å². The number of benzene rings is 1. The zero-order valence-electron chi connectivity index (χ0n) is 20.4. The fraction of sp³-hybridized carbons (Fsp3) is 0.458. The van der Waals surface area contributed by atoms with Crippen LogP contribution in [0.1, 0.15) is 25.7 Å². The Kier molecular flexibility index (Phi) is 7.76. The summed E-state index contributed by atoms with van der Waals surface area (Å²) in [6.07, 6.45) is 6.93. The highest BCUT2D eigenvalue weighted by Gasteiger charge is 2.19. The van der Waals surface area contributed by atoms with Gasteiger partial charge in [0.05, 0.1) is 0 Å². The van der Waals surface area contributed by atoms with Crippen molar-refractivity contribution in [2.24, 2.45) is 0 Å². The number of nitrogens with zero attached hydrogens (tertiary/aromatic N) is 5. The van der Waals surface area contributed by atoms with Gasteiger partial charge in [-0.25, -0.2) is 4.79 Å². The van der Waals surface area contributed by atoms with E-state index >= 15 is 0 Å². The average molecular weight is 497 g/mol. The third-order valence-corrected chi connectivity index (χ3v) is 7.52. The van der Waals surface area contributed by atoms with Gasteiger partial charge < -0.3 is 19.9 Å². The molecule has 10 nitrogen and oxygen atoms in total. The Hall–Kier alpha value is -3.31. The standard InChI is InChI=1S/C24H32N6O4Si/c1-35(2,3)11-10-33-16-30-28-23(27-29-30)18-12-17(14-25-15-18)21-13-20(8-9-22(21)31)34-24(32)26-19-6-4-5-7-19/h8-9,12-15,19,31H,4-7,10-11,16H2,1-3H3,(H,26,32). The van der Waals surface area contributed by atoms with Crippen LogP contribution in [0.15, 0.2) is 36.7 Å². The Labute approximate surface area is 205 Å². The molecule has 1 saturated carbocycles. The van der Waals surface area contributed by atoms with Crippen molar-refractivity contribution in [1.82, 2.24) is 30.5 Å². The van der Waals surface area contributed by atoms with E-state index in [-0.39, 0.29) is 18.5 Å². The number of carbonyl (C=O) groups excluding carboxylic acids is 1. The number of ether oxygens (including phenoxy) is 2. The number of pyridine rings is 1. The zero-order chi connectivity index (χ0) is 24.8. The van der Waals surface area contributed by atoms with Gasteiger partial charge in [0.2, 0.25) is 5.82 Å². The molecule has 1 aliphatic carbocycles. The topological polar surface area (TPSA) is 124 Å². The number of amides is 1. The van der Waals surface area contributed by atoms with Crippen molar-refractivity contribution in [3.05, 3.63) is 36.7 Å². The van der Waals surface area contributed by atoms with E-state index in [2.05, 4.69) is 45.4 Å². The molecule has 0 atom stereocenters. The lowest BCUT2D eigenvalue weighted by atomic mass is 10.0. The fourth-order valence-corrected chi connectivity index (χ4v) is 4.59. The Balaban J connectivity index is 1.43. The SMILES string of the molecule is C[Si](C)(C)CCOCn1nnc(-c2cncc(-c3cc(OC(=O)NC4CCCC4)ccc3O)c2)n1. The summed E-state index contributed by atoms with van der Waals surface area (Å²) < 4.78 is 11.1. The van der Waals surface area contributed by atoms with E-state index in [9.17, 15) is 9.90 Å². The number of rotatable bonds is 9. The van der Waals surface area contributed by atoms with Crippen LogP contribution in [0.5, 0.6) is 11.5 Å². The average Bonchev–Trinajstić information content (AvgIpc) is 3.50. The second-order valence-electron chi connectivity index (χ2n) is 9.99. The minimum absolute atomic E-state index is 0.0416. The summed E-state index contributed by atoms with van der Waals surface area (Å²) in [6.45, 7) is 7.79. The summed E-state index contributed by atoms with van der Waals surface area (Å²) in [4.78, 5) is 17.9. The first-order chi connectivity index (χ1) is 16.8. The van der Waals surface area contributed by atoms with Crippen LogP contribution in [0, 0.1) is 0 Å². The number of nitrogens with one attached hydrogen (secondary N) is 1. The van der Waals surface area contributed by atoms with Crippen molar-refractivity contribution in [1.29, 1.82) is 0 Å². The van der Waals surface area contributed by atoms with Gasteiger partial charge in [0.1, 0.15) is 11.5 Å². The fourth-order valence-electron chi connectivity index (χ4n) is 3.83. The number of aromatic nitrogens is 5. The smallest absolute Gasteiger partial charge is 0.412 e. The molecule has 0 spiro atoms. The molecule has 35 heavy (non-hydrogen) atoms. The van der Waals surface area contributed by atoms with Crippen molar-refractivity contribution in [2.75, 3.05) is 6.61 Å². The molecule has 0 radical (unpaired) electrons. The van der Waals surface area contributed by atoms with Gasteiger partial charge in [-0.3, -0.25) is 4.98 Å². The molecule has 11 heteroatoms. The molecule has 0 unspecified atom stereocenters. The van der Waals surface area contributed by atoms with Crippen LogP contribution in [-0.4, -0.2) is 57.1 Å². The third-order valence-electron chi connectivity index (χ3n) is 5.82. The van der Waals surface area contributed by atoms with Crippen molar-refractivity contribution >= 4 is 14.2 Å². The molecule has 0 aliphatic heterocycles. The normalized spacial score (nSPS) is 14.3. The van der Waals surface area contributed by atoms with Gasteiger partial charge in [0, 0.05) is 49.8 Å². The second kappa shape index (κ2) is 11.0. The number of tetrazole rings is 1. The van der Waals surface area contributed by atoms with Gasteiger partial charge in [0.25, 0.3) is 0 Å². The van der Waals surface area contributed by atoms with Crippen LogP contribution >= 0.6 is 0 Å². The lowest BCUT2D eigenvalue weighted by Gasteiger charge is -2.14. The molecule has 1 fully saturated rings. The van der Waals surface area contributed by atoms with E-state index in [1.54, 1.807) is 30.6 Å². The molecule has 1 amide bonds. The highest BCUT2D eigenvalue weighted by molar-refractivity contribution is 6.76. The van der Waals surface area contributed by atoms with Crippen LogP contribution in [-0.2, 0) is 11.5 Å². The lowest BCUT2D eigenvalue weighted by molar-refractivity contribution is 0.0674. The van der Waals surface area contributed by atoms with Gasteiger partial charge >= 0.3 is 6.09 Å². The summed E-state index contributed by atoms with van der Waals surface area (Å²) >= 11 is 0. The van der Waals surface area contributed by atoms with Crippen LogP contribution in [0.25, 0.3) is 22.5 Å². The molecule has 2 heterocycles. The first-order valence-electron chi connectivity index (χ1n) is 11.9. The Morgan fingerprint density at radius 3 is 2.71 bits per heavy atom. The van der Waals surface area contributed by atoms with Crippen LogP contribution in [0.4, 0.5) is 4.79 Å². The first-order valence-corrected chi connectivity index (χ1v) is 15.6. The van der Waals surface area contributed by atoms with Crippen LogP contribution < -0.4 is 10.1 Å². The van der Waals surface area contributed by atoms with E-state index in [0.29, 0.717) is 34.9 Å². The molecule has 4 rings (SSSR count). The molecule has 3 aromatic rings. The zero-order valence-corrected chi connectivity index (χ0v) is 21.4. The highest BCUT2D eigenvalue weighted by atomic mass is 28.3. The van der Waals surface area contributed by atoms with Gasteiger partial charge in [-0.05, 0) is 48.4 Å². The number of phenols is 1. The van der Waals surface area contributed by atoms with Crippen molar-refractivity contribution in [3.8, 4) is 34.0 Å². The van der Waals surface area contributed by atoms with Gasteiger partial charge in [-0.2, -0.15) is 0 Å². The molecule has 2 aromatic heterocycles. The van der Waals surface area contributed by atoms with E-state index in [0.717, 1.165) is 31.7 Å². The maximum Gasteiger partial charge on any atom is 0.412 e. The third kappa shape index (κ3) is 7.09. The summed E-state index contributed by atoms with van der Waals surface area (Å²) in [7, 11) is -1.16. The number of aromatic hydroxyl groups is 1. The van der Waals surface area contributed by atoms with E-state index in [1.807, 2.05) is 0 Å². The van der Waals surface area contributed by atoms with Gasteiger partial charge in [-0.1, -0.05) is 32.5 Å². The number of hydrogen-bond acceptors (Lipinski definition) is 8. The van der Waals surface area contributed by atoms with E-state index in [4.69, 9.17) is 9.47 Å². The minimum atomic E-state index is -1.16. The predicted octanol–water partition coefficient (Wildman–Crippen LogP) is 4.45. The Morgan fingerprint density at radius 2 is 1.94 bits per heavy atom. The van der Waals surface area contributed by atoms with Crippen LogP contribution in [0.2, 0.25) is 25.7 Å². The van der Waals surface area contributed by atoms with E-state index < -0.39 is 14.2 Å². The number of carbonyl (C=O) groups is 1. The number of hydrogen-bond donors (Lipinski definition) is 2. The summed E-state index contributed by atoms with van der Waals surface area (Å²) in [6, 6.07) is 7.69. The molecule has 0 saturated heterocycles. The van der Waals surface area contributed by atoms with Gasteiger partial charge in [-0.15, -0.1) is 15.0 Å². The van der Waals surface area contributed by atoms with Crippen molar-refractivity contribution < 1.29 is 19.4 Å². The molecular weight excluding hydrogens is 464 g/mol. The monoisotopic (exact) mass is 496 g/mol. The van der Waals surface area contributed by atoms with Crippen molar-refractivity contribution in [2.45, 2.75) is 64.1 Å². The maximum atomic E-state index is 12.2. The minimum Gasteiger partial charge on any atom is -0.507 e. The highest BCUT2D eigenvalue weighted by Crippen LogP contribution is 2.34. The molecule has 1 aromatic carbocycles. The largest absolute Gasteiger partial charge is 0.507 e. The summed E-state index contributed by atoms with van der Waals surface area (Å²) in [5.41, 5.74) is 1.75.